The Kier molecular flexibility index (Phi) is 5.76. The van der Waals surface area contributed by atoms with E-state index in [4.69, 9.17) is 0 Å². The average molecular weight is 366 g/mol. The van der Waals surface area contributed by atoms with Crippen molar-refractivity contribution in [1.29, 1.82) is 0 Å². The molecule has 0 unspecified atom stereocenters. The van der Waals surface area contributed by atoms with Gasteiger partial charge < -0.3 is 10.6 Å². The number of carbonyl (C=O) groups excluding carboxylic acids is 1. The molecular formula is C16H20ClN5O3. The molecule has 1 fully saturated rings. The average Bonchev–Trinajstić information content (AvgIpc) is 3.05. The highest BCUT2D eigenvalue weighted by atomic mass is 35.5. The molecule has 9 heteroatoms. The number of nitrogens with one attached hydrogen (secondary N) is 2. The number of rotatable bonds is 4. The summed E-state index contributed by atoms with van der Waals surface area (Å²) in [7, 11) is 0. The highest BCUT2D eigenvalue weighted by molar-refractivity contribution is 5.92. The quantitative estimate of drug-likeness (QED) is 0.638. The molecule has 25 heavy (non-hydrogen) atoms. The fourth-order valence-electron chi connectivity index (χ4n) is 2.83. The Balaban J connectivity index is 0.00000225. The summed E-state index contributed by atoms with van der Waals surface area (Å²) in [6, 6.07) is 7.86. The molecule has 1 saturated heterocycles. The molecule has 0 spiro atoms. The van der Waals surface area contributed by atoms with Crippen LogP contribution in [0.2, 0.25) is 0 Å². The van der Waals surface area contributed by atoms with Crippen LogP contribution >= 0.6 is 12.4 Å². The molecule has 3 rings (SSSR count). The number of halogens is 1. The van der Waals surface area contributed by atoms with E-state index in [0.29, 0.717) is 5.69 Å². The van der Waals surface area contributed by atoms with E-state index in [1.807, 2.05) is 6.92 Å². The van der Waals surface area contributed by atoms with Crippen LogP contribution in [0.1, 0.15) is 30.3 Å². The molecule has 134 valence electrons. The van der Waals surface area contributed by atoms with Crippen LogP contribution in [0.5, 0.6) is 0 Å². The minimum absolute atomic E-state index is 0. The summed E-state index contributed by atoms with van der Waals surface area (Å²) in [6.45, 7) is 3.74. The van der Waals surface area contributed by atoms with Crippen LogP contribution in [0, 0.1) is 10.1 Å². The van der Waals surface area contributed by atoms with E-state index in [9.17, 15) is 14.9 Å². The Hall–Kier alpha value is -2.45. The van der Waals surface area contributed by atoms with Gasteiger partial charge in [-0.1, -0.05) is 12.1 Å². The zero-order chi connectivity index (χ0) is 17.2. The number of aromatic nitrogens is 2. The Labute approximate surface area is 151 Å². The SMILES string of the molecule is CC1(NC(=O)c2ccn(-c3ccccc3[N+](=O)[O-])n2)CCNCC1.Cl. The summed E-state index contributed by atoms with van der Waals surface area (Å²) >= 11 is 0. The number of benzene rings is 1. The normalized spacial score (nSPS) is 15.9. The smallest absolute Gasteiger partial charge is 0.294 e. The van der Waals surface area contributed by atoms with Gasteiger partial charge in [0.1, 0.15) is 5.69 Å². The van der Waals surface area contributed by atoms with Gasteiger partial charge in [0, 0.05) is 17.8 Å². The van der Waals surface area contributed by atoms with Crippen LogP contribution in [0.25, 0.3) is 5.69 Å². The maximum Gasteiger partial charge on any atom is 0.294 e. The monoisotopic (exact) mass is 365 g/mol. The van der Waals surface area contributed by atoms with Gasteiger partial charge in [-0.05, 0) is 45.0 Å². The number of amides is 1. The Morgan fingerprint density at radius 1 is 1.32 bits per heavy atom. The van der Waals surface area contributed by atoms with Gasteiger partial charge in [0.15, 0.2) is 5.69 Å². The second-order valence-electron chi connectivity index (χ2n) is 6.16. The molecule has 0 aliphatic carbocycles. The summed E-state index contributed by atoms with van der Waals surface area (Å²) < 4.78 is 1.36. The van der Waals surface area contributed by atoms with Gasteiger partial charge in [-0.2, -0.15) is 5.10 Å². The third-order valence-electron chi connectivity index (χ3n) is 4.27. The van der Waals surface area contributed by atoms with Gasteiger partial charge in [-0.15, -0.1) is 12.4 Å². The number of hydrogen-bond donors (Lipinski definition) is 2. The second-order valence-corrected chi connectivity index (χ2v) is 6.16. The first-order valence-corrected chi connectivity index (χ1v) is 7.81. The zero-order valence-electron chi connectivity index (χ0n) is 13.8. The minimum atomic E-state index is -0.465. The number of carbonyl (C=O) groups is 1. The van der Waals surface area contributed by atoms with E-state index in [1.165, 1.54) is 10.7 Å². The van der Waals surface area contributed by atoms with E-state index in [1.54, 1.807) is 30.5 Å². The molecule has 0 radical (unpaired) electrons. The summed E-state index contributed by atoms with van der Waals surface area (Å²) in [5, 5.41) is 21.6. The third-order valence-corrected chi connectivity index (χ3v) is 4.27. The van der Waals surface area contributed by atoms with E-state index in [2.05, 4.69) is 15.7 Å². The van der Waals surface area contributed by atoms with Crippen molar-refractivity contribution >= 4 is 24.0 Å². The van der Waals surface area contributed by atoms with Crippen LogP contribution in [0.15, 0.2) is 36.5 Å². The van der Waals surface area contributed by atoms with Crippen molar-refractivity contribution in [2.45, 2.75) is 25.3 Å². The maximum absolute atomic E-state index is 12.4. The van der Waals surface area contributed by atoms with Crippen LogP contribution in [-0.4, -0.2) is 39.2 Å². The molecule has 1 aliphatic rings. The van der Waals surface area contributed by atoms with Crippen LogP contribution in [0.3, 0.4) is 0 Å². The first kappa shape index (κ1) is 18.9. The van der Waals surface area contributed by atoms with Crippen LogP contribution in [-0.2, 0) is 0 Å². The number of hydrogen-bond acceptors (Lipinski definition) is 5. The predicted molar refractivity (Wildman–Crippen MR) is 95.4 cm³/mol. The predicted octanol–water partition coefficient (Wildman–Crippen LogP) is 2.07. The van der Waals surface area contributed by atoms with Crippen LogP contribution in [0.4, 0.5) is 5.69 Å². The molecule has 0 saturated carbocycles. The molecule has 2 N–H and O–H groups in total. The highest BCUT2D eigenvalue weighted by Crippen LogP contribution is 2.22. The van der Waals surface area contributed by atoms with Crippen molar-refractivity contribution in [3.63, 3.8) is 0 Å². The van der Waals surface area contributed by atoms with E-state index >= 15 is 0 Å². The topological polar surface area (TPSA) is 102 Å². The van der Waals surface area contributed by atoms with E-state index in [0.717, 1.165) is 25.9 Å². The molecular weight excluding hydrogens is 346 g/mol. The Morgan fingerprint density at radius 3 is 2.68 bits per heavy atom. The lowest BCUT2D eigenvalue weighted by atomic mass is 9.90. The van der Waals surface area contributed by atoms with Crippen molar-refractivity contribution in [2.24, 2.45) is 0 Å². The van der Waals surface area contributed by atoms with Gasteiger partial charge in [-0.3, -0.25) is 14.9 Å². The molecule has 8 nitrogen and oxygen atoms in total. The summed E-state index contributed by atoms with van der Waals surface area (Å²) in [5.41, 5.74) is 0.255. The van der Waals surface area contributed by atoms with Crippen molar-refractivity contribution in [2.75, 3.05) is 13.1 Å². The molecule has 1 aliphatic heterocycles. The fraction of sp³-hybridized carbons (Fsp3) is 0.375. The molecule has 1 amide bonds. The van der Waals surface area contributed by atoms with Gasteiger partial charge in [-0.25, -0.2) is 4.68 Å². The minimum Gasteiger partial charge on any atom is -0.345 e. The number of nitro groups is 1. The van der Waals surface area contributed by atoms with Gasteiger partial charge in [0.25, 0.3) is 11.6 Å². The molecule has 0 atom stereocenters. The molecule has 1 aromatic carbocycles. The number of piperidine rings is 1. The Bertz CT molecular complexity index is 771. The van der Waals surface area contributed by atoms with Crippen molar-refractivity contribution in [3.8, 4) is 5.69 Å². The number of nitro benzene ring substituents is 1. The van der Waals surface area contributed by atoms with Crippen LogP contribution < -0.4 is 10.6 Å². The van der Waals surface area contributed by atoms with Gasteiger partial charge in [0.05, 0.1) is 4.92 Å². The van der Waals surface area contributed by atoms with E-state index in [-0.39, 0.29) is 35.2 Å². The fourth-order valence-corrected chi connectivity index (χ4v) is 2.83. The summed E-state index contributed by atoms with van der Waals surface area (Å²) in [4.78, 5) is 23.1. The lowest BCUT2D eigenvalue weighted by Crippen LogP contribution is -2.52. The molecule has 2 aromatic rings. The van der Waals surface area contributed by atoms with Crippen molar-refractivity contribution in [1.82, 2.24) is 20.4 Å². The Morgan fingerprint density at radius 2 is 2.00 bits per heavy atom. The largest absolute Gasteiger partial charge is 0.345 e. The number of para-hydroxylation sites is 2. The molecule has 1 aromatic heterocycles. The van der Waals surface area contributed by atoms with Gasteiger partial charge in [0.2, 0.25) is 0 Å². The first-order chi connectivity index (χ1) is 11.5. The lowest BCUT2D eigenvalue weighted by molar-refractivity contribution is -0.384. The van der Waals surface area contributed by atoms with Gasteiger partial charge >= 0.3 is 0 Å². The molecule has 0 bridgehead atoms. The third kappa shape index (κ3) is 4.15. The first-order valence-electron chi connectivity index (χ1n) is 7.81. The van der Waals surface area contributed by atoms with E-state index < -0.39 is 4.92 Å². The highest BCUT2D eigenvalue weighted by Gasteiger charge is 2.29. The molecule has 2 heterocycles. The second kappa shape index (κ2) is 7.62. The number of nitrogens with zero attached hydrogens (tertiary/aromatic N) is 3. The summed E-state index contributed by atoms with van der Waals surface area (Å²) in [5.74, 6) is -0.267. The zero-order valence-corrected chi connectivity index (χ0v) is 14.6. The maximum atomic E-state index is 12.4. The lowest BCUT2D eigenvalue weighted by Gasteiger charge is -2.34. The standard InChI is InChI=1S/C16H19N5O3.ClH/c1-16(7-9-17-10-8-16)18-15(22)12-6-11-20(19-12)13-4-2-3-5-14(13)21(23)24;/h2-6,11,17H,7-10H2,1H3,(H,18,22);1H. The van der Waals surface area contributed by atoms with Crippen molar-refractivity contribution < 1.29 is 9.72 Å². The van der Waals surface area contributed by atoms with Crippen molar-refractivity contribution in [3.05, 3.63) is 52.3 Å². The summed E-state index contributed by atoms with van der Waals surface area (Å²) in [6.07, 6.45) is 3.26.